The number of carbonyl (C=O) groups is 1. The summed E-state index contributed by atoms with van der Waals surface area (Å²) in [5.74, 6) is 0.403. The molecule has 1 atom stereocenters. The third kappa shape index (κ3) is 3.18. The van der Waals surface area contributed by atoms with E-state index in [1.165, 1.54) is 12.1 Å². The fraction of sp³-hybridized carbons (Fsp3) is 0.562. The van der Waals surface area contributed by atoms with Crippen LogP contribution >= 0.6 is 0 Å². The van der Waals surface area contributed by atoms with Gasteiger partial charge in [0.05, 0.1) is 5.41 Å². The number of benzene rings is 1. The van der Waals surface area contributed by atoms with Crippen LogP contribution in [0.25, 0.3) is 0 Å². The molecule has 0 saturated heterocycles. The first-order chi connectivity index (χ1) is 9.45. The number of hydrogen-bond acceptors (Lipinski definition) is 2. The Morgan fingerprint density at radius 1 is 1.45 bits per heavy atom. The van der Waals surface area contributed by atoms with Gasteiger partial charge in [0, 0.05) is 12.6 Å². The van der Waals surface area contributed by atoms with Gasteiger partial charge in [0.2, 0.25) is 5.91 Å². The quantitative estimate of drug-likeness (QED) is 0.868. The molecule has 4 heteroatoms. The third-order valence-electron chi connectivity index (χ3n) is 4.18. The van der Waals surface area contributed by atoms with Crippen LogP contribution in [0.15, 0.2) is 24.3 Å². The summed E-state index contributed by atoms with van der Waals surface area (Å²) in [5.41, 5.74) is 6.43. The van der Waals surface area contributed by atoms with Crippen LogP contribution < -0.4 is 11.1 Å². The number of rotatable bonds is 5. The van der Waals surface area contributed by atoms with E-state index in [1.54, 1.807) is 12.1 Å². The Balaban J connectivity index is 1.89. The van der Waals surface area contributed by atoms with Crippen molar-refractivity contribution in [2.24, 2.45) is 17.1 Å². The van der Waals surface area contributed by atoms with E-state index in [9.17, 15) is 9.18 Å². The SMILES string of the molecule is CC1CC(CN)(C(=O)NC(C)Cc2ccc(F)cc2)C1. The van der Waals surface area contributed by atoms with E-state index in [-0.39, 0.29) is 23.2 Å². The highest BCUT2D eigenvalue weighted by Crippen LogP contribution is 2.44. The van der Waals surface area contributed by atoms with Crippen molar-refractivity contribution in [3.05, 3.63) is 35.6 Å². The molecule has 1 amide bonds. The van der Waals surface area contributed by atoms with Crippen LogP contribution in [0.3, 0.4) is 0 Å². The molecule has 1 saturated carbocycles. The molecule has 3 N–H and O–H groups in total. The summed E-state index contributed by atoms with van der Waals surface area (Å²) in [7, 11) is 0. The molecule has 1 unspecified atom stereocenters. The molecule has 0 radical (unpaired) electrons. The molecule has 1 aromatic rings. The summed E-state index contributed by atoms with van der Waals surface area (Å²) in [6.07, 6.45) is 2.44. The maximum Gasteiger partial charge on any atom is 0.227 e. The first-order valence-electron chi connectivity index (χ1n) is 7.21. The highest BCUT2D eigenvalue weighted by Gasteiger charge is 2.47. The summed E-state index contributed by atoms with van der Waals surface area (Å²) in [6.45, 7) is 4.52. The van der Waals surface area contributed by atoms with Crippen molar-refractivity contribution >= 4 is 5.91 Å². The Hall–Kier alpha value is -1.42. The minimum Gasteiger partial charge on any atom is -0.353 e. The Labute approximate surface area is 119 Å². The van der Waals surface area contributed by atoms with E-state index < -0.39 is 0 Å². The monoisotopic (exact) mass is 278 g/mol. The Bertz CT molecular complexity index is 466. The van der Waals surface area contributed by atoms with E-state index >= 15 is 0 Å². The second-order valence-corrected chi connectivity index (χ2v) is 6.20. The van der Waals surface area contributed by atoms with Gasteiger partial charge in [0.25, 0.3) is 0 Å². The Morgan fingerprint density at radius 2 is 2.05 bits per heavy atom. The first-order valence-corrected chi connectivity index (χ1v) is 7.21. The molecule has 20 heavy (non-hydrogen) atoms. The molecule has 0 aromatic heterocycles. The topological polar surface area (TPSA) is 55.1 Å². The van der Waals surface area contributed by atoms with E-state index in [0.29, 0.717) is 18.9 Å². The molecule has 2 rings (SSSR count). The highest BCUT2D eigenvalue weighted by molar-refractivity contribution is 5.84. The third-order valence-corrected chi connectivity index (χ3v) is 4.18. The lowest BCUT2D eigenvalue weighted by Gasteiger charge is -2.44. The number of nitrogens with two attached hydrogens (primary N) is 1. The van der Waals surface area contributed by atoms with Crippen molar-refractivity contribution in [2.45, 2.75) is 39.2 Å². The molecule has 0 heterocycles. The van der Waals surface area contributed by atoms with E-state index in [2.05, 4.69) is 12.2 Å². The van der Waals surface area contributed by atoms with Crippen molar-refractivity contribution in [2.75, 3.05) is 6.54 Å². The fourth-order valence-electron chi connectivity index (χ4n) is 3.12. The summed E-state index contributed by atoms with van der Waals surface area (Å²) >= 11 is 0. The minimum atomic E-state index is -0.365. The second kappa shape index (κ2) is 5.92. The lowest BCUT2D eigenvalue weighted by Crippen LogP contribution is -2.55. The van der Waals surface area contributed by atoms with E-state index in [4.69, 9.17) is 5.73 Å². The molecular formula is C16H23FN2O. The van der Waals surface area contributed by atoms with Gasteiger partial charge in [0.1, 0.15) is 5.82 Å². The van der Waals surface area contributed by atoms with Crippen LogP contribution in [0.5, 0.6) is 0 Å². The van der Waals surface area contributed by atoms with E-state index in [0.717, 1.165) is 18.4 Å². The maximum absolute atomic E-state index is 12.8. The highest BCUT2D eigenvalue weighted by atomic mass is 19.1. The standard InChI is InChI=1S/C16H23FN2O/c1-11-8-16(9-11,10-18)15(20)19-12(2)7-13-3-5-14(17)6-4-13/h3-6,11-12H,7-10,18H2,1-2H3,(H,19,20). The smallest absolute Gasteiger partial charge is 0.227 e. The van der Waals surface area contributed by atoms with Crippen LogP contribution in [0.4, 0.5) is 4.39 Å². The molecule has 0 aliphatic heterocycles. The molecule has 1 aliphatic carbocycles. The normalized spacial score (nSPS) is 26.7. The number of hydrogen-bond donors (Lipinski definition) is 2. The van der Waals surface area contributed by atoms with Gasteiger partial charge >= 0.3 is 0 Å². The number of halogens is 1. The van der Waals surface area contributed by atoms with Crippen molar-refractivity contribution in [3.63, 3.8) is 0 Å². The predicted molar refractivity (Wildman–Crippen MR) is 77.6 cm³/mol. The van der Waals surface area contributed by atoms with Gasteiger partial charge in [-0.25, -0.2) is 4.39 Å². The van der Waals surface area contributed by atoms with E-state index in [1.807, 2.05) is 6.92 Å². The molecule has 1 fully saturated rings. The van der Waals surface area contributed by atoms with Crippen molar-refractivity contribution in [1.82, 2.24) is 5.32 Å². The zero-order chi connectivity index (χ0) is 14.8. The number of carbonyl (C=O) groups excluding carboxylic acids is 1. The van der Waals surface area contributed by atoms with Gasteiger partial charge in [-0.3, -0.25) is 4.79 Å². The zero-order valence-electron chi connectivity index (χ0n) is 12.2. The summed E-state index contributed by atoms with van der Waals surface area (Å²) < 4.78 is 12.8. The van der Waals surface area contributed by atoms with Crippen LogP contribution in [-0.4, -0.2) is 18.5 Å². The van der Waals surface area contributed by atoms with Crippen molar-refractivity contribution in [3.8, 4) is 0 Å². The molecular weight excluding hydrogens is 255 g/mol. The maximum atomic E-state index is 12.8. The van der Waals surface area contributed by atoms with Crippen LogP contribution in [-0.2, 0) is 11.2 Å². The van der Waals surface area contributed by atoms with Crippen molar-refractivity contribution < 1.29 is 9.18 Å². The first kappa shape index (κ1) is 15.0. The lowest BCUT2D eigenvalue weighted by atomic mass is 9.62. The lowest BCUT2D eigenvalue weighted by molar-refractivity contribution is -0.138. The van der Waals surface area contributed by atoms with Gasteiger partial charge in [-0.15, -0.1) is 0 Å². The van der Waals surface area contributed by atoms with Gasteiger partial charge in [-0.05, 0) is 49.8 Å². The van der Waals surface area contributed by atoms with Gasteiger partial charge in [-0.1, -0.05) is 19.1 Å². The molecule has 0 bridgehead atoms. The van der Waals surface area contributed by atoms with Gasteiger partial charge in [-0.2, -0.15) is 0 Å². The Kier molecular flexibility index (Phi) is 4.43. The van der Waals surface area contributed by atoms with Gasteiger partial charge < -0.3 is 11.1 Å². The zero-order valence-corrected chi connectivity index (χ0v) is 12.2. The molecule has 110 valence electrons. The predicted octanol–water partition coefficient (Wildman–Crippen LogP) is 2.25. The average molecular weight is 278 g/mol. The summed E-state index contributed by atoms with van der Waals surface area (Å²) in [6, 6.07) is 6.41. The molecule has 3 nitrogen and oxygen atoms in total. The largest absolute Gasteiger partial charge is 0.353 e. The molecule has 0 spiro atoms. The van der Waals surface area contributed by atoms with Crippen LogP contribution in [0, 0.1) is 17.2 Å². The molecule has 1 aliphatic rings. The van der Waals surface area contributed by atoms with Crippen LogP contribution in [0.1, 0.15) is 32.3 Å². The van der Waals surface area contributed by atoms with Crippen LogP contribution in [0.2, 0.25) is 0 Å². The van der Waals surface area contributed by atoms with Crippen molar-refractivity contribution in [1.29, 1.82) is 0 Å². The molecule has 1 aromatic carbocycles. The Morgan fingerprint density at radius 3 is 2.55 bits per heavy atom. The second-order valence-electron chi connectivity index (χ2n) is 6.20. The minimum absolute atomic E-state index is 0.0206. The summed E-state index contributed by atoms with van der Waals surface area (Å²) in [5, 5.41) is 3.04. The fourth-order valence-corrected chi connectivity index (χ4v) is 3.12. The average Bonchev–Trinajstić information content (AvgIpc) is 2.37. The number of nitrogens with one attached hydrogen (secondary N) is 1. The van der Waals surface area contributed by atoms with Gasteiger partial charge in [0.15, 0.2) is 0 Å². The number of amides is 1. The summed E-state index contributed by atoms with van der Waals surface area (Å²) in [4.78, 5) is 12.3.